The molecule has 2 aliphatic heterocycles. The van der Waals surface area contributed by atoms with E-state index in [1.807, 2.05) is 6.20 Å². The van der Waals surface area contributed by atoms with Crippen LogP contribution in [0.15, 0.2) is 36.5 Å². The highest BCUT2D eigenvalue weighted by atomic mass is 16.5. The van der Waals surface area contributed by atoms with Gasteiger partial charge in [-0.15, -0.1) is 0 Å². The number of benzene rings is 1. The van der Waals surface area contributed by atoms with Crippen LogP contribution in [-0.2, 0) is 22.5 Å². The quantitative estimate of drug-likeness (QED) is 0.868. The van der Waals surface area contributed by atoms with Gasteiger partial charge in [-0.1, -0.05) is 18.2 Å². The fourth-order valence-electron chi connectivity index (χ4n) is 3.10. The van der Waals surface area contributed by atoms with Crippen LogP contribution in [0, 0.1) is 0 Å². The molecule has 2 aliphatic rings. The zero-order valence-corrected chi connectivity index (χ0v) is 13.2. The molecular weight excluding hydrogens is 290 g/mol. The van der Waals surface area contributed by atoms with Crippen molar-refractivity contribution in [2.75, 3.05) is 19.8 Å². The van der Waals surface area contributed by atoms with Gasteiger partial charge in [0, 0.05) is 23.9 Å². The van der Waals surface area contributed by atoms with Crippen molar-refractivity contribution >= 4 is 0 Å². The molecular formula is C19H21NO3. The van der Waals surface area contributed by atoms with E-state index < -0.39 is 0 Å². The molecule has 3 heterocycles. The summed E-state index contributed by atoms with van der Waals surface area (Å²) in [6.45, 7) is 2.93. The Morgan fingerprint density at radius 1 is 1.17 bits per heavy atom. The van der Waals surface area contributed by atoms with E-state index in [-0.39, 0.29) is 6.10 Å². The molecule has 1 aromatic carbocycles. The Morgan fingerprint density at radius 2 is 2.17 bits per heavy atom. The van der Waals surface area contributed by atoms with Gasteiger partial charge >= 0.3 is 0 Å². The van der Waals surface area contributed by atoms with Crippen LogP contribution < -0.4 is 4.74 Å². The summed E-state index contributed by atoms with van der Waals surface area (Å²) in [5.74, 6) is 0.792. The average molecular weight is 311 g/mol. The number of aryl methyl sites for hydroxylation is 1. The lowest BCUT2D eigenvalue weighted by Gasteiger charge is -2.17. The van der Waals surface area contributed by atoms with Gasteiger partial charge in [-0.25, -0.2) is 4.98 Å². The number of hydrogen-bond acceptors (Lipinski definition) is 4. The first-order chi connectivity index (χ1) is 11.4. The highest BCUT2D eigenvalue weighted by Crippen LogP contribution is 2.28. The van der Waals surface area contributed by atoms with Gasteiger partial charge in [0.15, 0.2) is 0 Å². The lowest BCUT2D eigenvalue weighted by atomic mass is 10.0. The molecule has 1 aromatic heterocycles. The number of pyridine rings is 1. The summed E-state index contributed by atoms with van der Waals surface area (Å²) in [6.07, 6.45) is 5.24. The molecule has 0 amide bonds. The highest BCUT2D eigenvalue weighted by molar-refractivity contribution is 5.64. The number of aromatic nitrogens is 1. The molecule has 0 aliphatic carbocycles. The number of ether oxygens (including phenoxy) is 3. The maximum absolute atomic E-state index is 5.91. The monoisotopic (exact) mass is 311 g/mol. The predicted octanol–water partition coefficient (Wildman–Crippen LogP) is 3.38. The van der Waals surface area contributed by atoms with Crippen molar-refractivity contribution in [2.45, 2.75) is 32.0 Å². The maximum atomic E-state index is 5.91. The molecule has 0 bridgehead atoms. The van der Waals surface area contributed by atoms with E-state index in [1.54, 1.807) is 0 Å². The Morgan fingerprint density at radius 3 is 3.09 bits per heavy atom. The summed E-state index contributed by atoms with van der Waals surface area (Å²) in [7, 11) is 0. The van der Waals surface area contributed by atoms with E-state index in [0.717, 1.165) is 43.9 Å². The van der Waals surface area contributed by atoms with Crippen molar-refractivity contribution in [1.82, 2.24) is 4.98 Å². The van der Waals surface area contributed by atoms with Crippen molar-refractivity contribution in [3.05, 3.63) is 47.7 Å². The molecule has 1 unspecified atom stereocenters. The Bertz CT molecular complexity index is 680. The smallest absolute Gasteiger partial charge is 0.216 e. The van der Waals surface area contributed by atoms with Crippen molar-refractivity contribution in [3.63, 3.8) is 0 Å². The second kappa shape index (κ2) is 6.69. The van der Waals surface area contributed by atoms with Crippen LogP contribution in [0.3, 0.4) is 0 Å². The van der Waals surface area contributed by atoms with Gasteiger partial charge in [-0.2, -0.15) is 0 Å². The van der Waals surface area contributed by atoms with Crippen molar-refractivity contribution < 1.29 is 14.2 Å². The van der Waals surface area contributed by atoms with Gasteiger partial charge in [0.25, 0.3) is 0 Å². The standard InChI is InChI=1S/C19H21NO3/c1-3-14(12-23-18-6-8-21-13-18)9-15(4-1)17-10-16-5-2-7-22-19(16)20-11-17/h1,3-4,9-11,18H,2,5-8,12-13H2. The third-order valence-corrected chi connectivity index (χ3v) is 4.39. The van der Waals surface area contributed by atoms with Crippen LogP contribution in [-0.4, -0.2) is 30.9 Å². The first-order valence-electron chi connectivity index (χ1n) is 8.29. The lowest BCUT2D eigenvalue weighted by Crippen LogP contribution is -2.11. The Kier molecular flexibility index (Phi) is 4.26. The third kappa shape index (κ3) is 3.38. The minimum absolute atomic E-state index is 0.237. The van der Waals surface area contributed by atoms with Crippen molar-refractivity contribution in [3.8, 4) is 17.0 Å². The third-order valence-electron chi connectivity index (χ3n) is 4.39. The molecule has 0 N–H and O–H groups in total. The fourth-order valence-corrected chi connectivity index (χ4v) is 3.10. The van der Waals surface area contributed by atoms with Crippen LogP contribution in [0.4, 0.5) is 0 Å². The van der Waals surface area contributed by atoms with Crippen LogP contribution in [0.1, 0.15) is 24.0 Å². The largest absolute Gasteiger partial charge is 0.477 e. The van der Waals surface area contributed by atoms with Crippen LogP contribution in [0.25, 0.3) is 11.1 Å². The normalized spacial score (nSPS) is 20.1. The van der Waals surface area contributed by atoms with Gasteiger partial charge < -0.3 is 14.2 Å². The summed E-state index contributed by atoms with van der Waals surface area (Å²) in [5.41, 5.74) is 4.71. The van der Waals surface area contributed by atoms with Gasteiger partial charge in [-0.05, 0) is 42.5 Å². The average Bonchev–Trinajstić information content (AvgIpc) is 3.13. The molecule has 0 saturated carbocycles. The minimum atomic E-state index is 0.237. The zero-order valence-electron chi connectivity index (χ0n) is 13.2. The zero-order chi connectivity index (χ0) is 15.5. The van der Waals surface area contributed by atoms with Crippen molar-refractivity contribution in [1.29, 1.82) is 0 Å². The molecule has 23 heavy (non-hydrogen) atoms. The molecule has 1 fully saturated rings. The van der Waals surface area contributed by atoms with Gasteiger partial charge in [0.05, 0.1) is 25.9 Å². The molecule has 1 saturated heterocycles. The maximum Gasteiger partial charge on any atom is 0.216 e. The Balaban J connectivity index is 1.51. The van der Waals surface area contributed by atoms with E-state index in [1.165, 1.54) is 16.7 Å². The predicted molar refractivity (Wildman–Crippen MR) is 87.5 cm³/mol. The van der Waals surface area contributed by atoms with Crippen LogP contribution in [0.2, 0.25) is 0 Å². The Labute approximate surface area is 136 Å². The molecule has 2 aromatic rings. The van der Waals surface area contributed by atoms with Crippen molar-refractivity contribution in [2.24, 2.45) is 0 Å². The SMILES string of the molecule is c1cc(COC2CCOC2)cc(-c2cnc3c(c2)CCCO3)c1. The highest BCUT2D eigenvalue weighted by Gasteiger charge is 2.16. The lowest BCUT2D eigenvalue weighted by molar-refractivity contribution is 0.0318. The van der Waals surface area contributed by atoms with E-state index >= 15 is 0 Å². The van der Waals surface area contributed by atoms with Crippen LogP contribution in [0.5, 0.6) is 5.88 Å². The molecule has 120 valence electrons. The molecule has 0 radical (unpaired) electrons. The van der Waals surface area contributed by atoms with E-state index in [4.69, 9.17) is 14.2 Å². The summed E-state index contributed by atoms with van der Waals surface area (Å²) in [4.78, 5) is 4.46. The summed E-state index contributed by atoms with van der Waals surface area (Å²) >= 11 is 0. The number of fused-ring (bicyclic) bond motifs is 1. The van der Waals surface area contributed by atoms with Crippen LogP contribution >= 0.6 is 0 Å². The van der Waals surface area contributed by atoms with Gasteiger partial charge in [-0.3, -0.25) is 0 Å². The van der Waals surface area contributed by atoms with E-state index in [2.05, 4.69) is 35.3 Å². The second-order valence-electron chi connectivity index (χ2n) is 6.14. The second-order valence-corrected chi connectivity index (χ2v) is 6.14. The van der Waals surface area contributed by atoms with E-state index in [0.29, 0.717) is 13.2 Å². The summed E-state index contributed by atoms with van der Waals surface area (Å²) in [6, 6.07) is 10.7. The fraction of sp³-hybridized carbons (Fsp3) is 0.421. The number of nitrogens with zero attached hydrogens (tertiary/aromatic N) is 1. The number of hydrogen-bond donors (Lipinski definition) is 0. The molecule has 4 rings (SSSR count). The summed E-state index contributed by atoms with van der Waals surface area (Å²) in [5, 5.41) is 0. The molecule has 4 nitrogen and oxygen atoms in total. The van der Waals surface area contributed by atoms with Gasteiger partial charge in [0.2, 0.25) is 5.88 Å². The van der Waals surface area contributed by atoms with E-state index in [9.17, 15) is 0 Å². The topological polar surface area (TPSA) is 40.6 Å². The molecule has 1 atom stereocenters. The number of rotatable bonds is 4. The first kappa shape index (κ1) is 14.7. The first-order valence-corrected chi connectivity index (χ1v) is 8.29. The molecule has 4 heteroatoms. The Hall–Kier alpha value is -1.91. The van der Waals surface area contributed by atoms with Gasteiger partial charge in [0.1, 0.15) is 0 Å². The minimum Gasteiger partial charge on any atom is -0.477 e. The molecule has 0 spiro atoms. The summed E-state index contributed by atoms with van der Waals surface area (Å²) < 4.78 is 16.8.